The Morgan fingerprint density at radius 2 is 1.71 bits per heavy atom. The molecule has 0 atom stereocenters. The number of nitrogens with one attached hydrogen (secondary N) is 1. The van der Waals surface area contributed by atoms with Gasteiger partial charge in [0.05, 0.1) is 26.2 Å². The number of carbonyl (C=O) groups is 1. The number of anilines is 1. The fourth-order valence-electron chi connectivity index (χ4n) is 3.14. The van der Waals surface area contributed by atoms with Crippen LogP contribution in [-0.2, 0) is 17.8 Å². The molecule has 0 aliphatic rings. The smallest absolute Gasteiger partial charge is 0.229 e. The SMILES string of the molecule is CCOc1ccc(CC(=O)Nc2cc(C)n(Cc3c(Cl)cccc3Cl)n2)cc1OCC. The average molecular weight is 462 g/mol. The lowest BCUT2D eigenvalue weighted by atomic mass is 10.1. The molecular formula is C23H25Cl2N3O3. The Hall–Kier alpha value is -2.70. The van der Waals surface area contributed by atoms with Gasteiger partial charge in [-0.25, -0.2) is 0 Å². The van der Waals surface area contributed by atoms with Crippen LogP contribution in [0.2, 0.25) is 10.0 Å². The summed E-state index contributed by atoms with van der Waals surface area (Å²) in [5.41, 5.74) is 2.49. The largest absolute Gasteiger partial charge is 0.490 e. The fraction of sp³-hybridized carbons (Fsp3) is 0.304. The van der Waals surface area contributed by atoms with E-state index < -0.39 is 0 Å². The summed E-state index contributed by atoms with van der Waals surface area (Å²) in [7, 11) is 0. The lowest BCUT2D eigenvalue weighted by Gasteiger charge is -2.12. The highest BCUT2D eigenvalue weighted by Gasteiger charge is 2.13. The van der Waals surface area contributed by atoms with Gasteiger partial charge in [0.2, 0.25) is 5.91 Å². The van der Waals surface area contributed by atoms with Crippen molar-refractivity contribution in [3.05, 3.63) is 69.3 Å². The summed E-state index contributed by atoms with van der Waals surface area (Å²) in [5.74, 6) is 1.60. The molecular weight excluding hydrogens is 437 g/mol. The number of carbonyl (C=O) groups excluding carboxylic acids is 1. The minimum absolute atomic E-state index is 0.174. The van der Waals surface area contributed by atoms with E-state index in [2.05, 4.69) is 10.4 Å². The van der Waals surface area contributed by atoms with Gasteiger partial charge in [-0.3, -0.25) is 9.48 Å². The Bertz CT molecular complexity index is 1050. The van der Waals surface area contributed by atoms with Crippen molar-refractivity contribution in [3.8, 4) is 11.5 Å². The number of halogens is 2. The number of rotatable bonds is 9. The number of hydrogen-bond acceptors (Lipinski definition) is 4. The van der Waals surface area contributed by atoms with Crippen molar-refractivity contribution in [1.29, 1.82) is 0 Å². The highest BCUT2D eigenvalue weighted by molar-refractivity contribution is 6.35. The maximum absolute atomic E-state index is 12.6. The van der Waals surface area contributed by atoms with Crippen molar-refractivity contribution >= 4 is 34.9 Å². The lowest BCUT2D eigenvalue weighted by Crippen LogP contribution is -2.15. The van der Waals surface area contributed by atoms with Crippen LogP contribution >= 0.6 is 23.2 Å². The summed E-state index contributed by atoms with van der Waals surface area (Å²) in [6.45, 7) is 7.20. The maximum atomic E-state index is 12.6. The summed E-state index contributed by atoms with van der Waals surface area (Å²) in [6.07, 6.45) is 0.189. The van der Waals surface area contributed by atoms with Crippen LogP contribution in [0.15, 0.2) is 42.5 Å². The van der Waals surface area contributed by atoms with Gasteiger partial charge in [0.1, 0.15) is 0 Å². The molecule has 0 fully saturated rings. The van der Waals surface area contributed by atoms with E-state index in [0.29, 0.717) is 47.1 Å². The summed E-state index contributed by atoms with van der Waals surface area (Å²) in [4.78, 5) is 12.6. The van der Waals surface area contributed by atoms with Gasteiger partial charge in [-0.05, 0) is 50.6 Å². The van der Waals surface area contributed by atoms with Crippen molar-refractivity contribution in [2.45, 2.75) is 33.7 Å². The third-order valence-electron chi connectivity index (χ3n) is 4.59. The lowest BCUT2D eigenvalue weighted by molar-refractivity contribution is -0.115. The molecule has 0 aliphatic heterocycles. The van der Waals surface area contributed by atoms with E-state index in [-0.39, 0.29) is 12.3 Å². The third-order valence-corrected chi connectivity index (χ3v) is 5.30. The summed E-state index contributed by atoms with van der Waals surface area (Å²) in [6, 6.07) is 12.7. The third kappa shape index (κ3) is 5.93. The molecule has 0 saturated heterocycles. The monoisotopic (exact) mass is 461 g/mol. The molecule has 0 aliphatic carbocycles. The molecule has 0 saturated carbocycles. The van der Waals surface area contributed by atoms with E-state index in [1.807, 2.05) is 45.0 Å². The molecule has 8 heteroatoms. The Morgan fingerprint density at radius 1 is 1.03 bits per heavy atom. The topological polar surface area (TPSA) is 65.4 Å². The van der Waals surface area contributed by atoms with Gasteiger partial charge in [-0.15, -0.1) is 0 Å². The second-order valence-electron chi connectivity index (χ2n) is 6.90. The molecule has 3 aromatic rings. The average Bonchev–Trinajstić information content (AvgIpc) is 3.05. The molecule has 2 aromatic carbocycles. The zero-order valence-corrected chi connectivity index (χ0v) is 19.3. The van der Waals surface area contributed by atoms with E-state index in [4.69, 9.17) is 32.7 Å². The van der Waals surface area contributed by atoms with Gasteiger partial charge >= 0.3 is 0 Å². The molecule has 6 nitrogen and oxygen atoms in total. The maximum Gasteiger partial charge on any atom is 0.229 e. The minimum atomic E-state index is -0.174. The van der Waals surface area contributed by atoms with Crippen molar-refractivity contribution in [1.82, 2.24) is 9.78 Å². The molecule has 0 spiro atoms. The van der Waals surface area contributed by atoms with Crippen molar-refractivity contribution < 1.29 is 14.3 Å². The van der Waals surface area contributed by atoms with E-state index in [0.717, 1.165) is 16.8 Å². The number of aryl methyl sites for hydroxylation is 1. The van der Waals surface area contributed by atoms with Crippen LogP contribution in [0.1, 0.15) is 30.7 Å². The quantitative estimate of drug-likeness (QED) is 0.455. The standard InChI is InChI=1S/C23H25Cl2N3O3/c1-4-30-20-10-9-16(12-21(20)31-5-2)13-23(29)26-22-11-15(3)28(27-22)14-17-18(24)7-6-8-19(17)25/h6-12H,4-5,13-14H2,1-3H3,(H,26,27,29). The molecule has 0 unspecified atom stereocenters. The van der Waals surface area contributed by atoms with Gasteiger partial charge in [-0.1, -0.05) is 35.3 Å². The Balaban J connectivity index is 1.69. The number of ether oxygens (including phenoxy) is 2. The zero-order valence-electron chi connectivity index (χ0n) is 17.7. The highest BCUT2D eigenvalue weighted by atomic mass is 35.5. The van der Waals surface area contributed by atoms with Crippen molar-refractivity contribution in [2.24, 2.45) is 0 Å². The molecule has 1 heterocycles. The molecule has 0 radical (unpaired) electrons. The first kappa shape index (κ1) is 23.0. The zero-order chi connectivity index (χ0) is 22.4. The first-order valence-corrected chi connectivity index (χ1v) is 10.8. The van der Waals surface area contributed by atoms with E-state index in [1.54, 1.807) is 22.9 Å². The first-order chi connectivity index (χ1) is 14.9. The Labute approximate surface area is 192 Å². The number of aromatic nitrogens is 2. The van der Waals surface area contributed by atoms with Crippen LogP contribution in [0.25, 0.3) is 0 Å². The molecule has 1 N–H and O–H groups in total. The second-order valence-corrected chi connectivity index (χ2v) is 7.72. The van der Waals surface area contributed by atoms with Gasteiger partial charge in [0.25, 0.3) is 0 Å². The number of nitrogens with zero attached hydrogens (tertiary/aromatic N) is 2. The number of benzene rings is 2. The number of amides is 1. The molecule has 1 aromatic heterocycles. The second kappa shape index (κ2) is 10.6. The molecule has 3 rings (SSSR count). The predicted molar refractivity (Wildman–Crippen MR) is 124 cm³/mol. The van der Waals surface area contributed by atoms with E-state index in [1.165, 1.54) is 0 Å². The predicted octanol–water partition coefficient (Wildman–Crippen LogP) is 5.53. The Kier molecular flexibility index (Phi) is 7.82. The molecule has 1 amide bonds. The van der Waals surface area contributed by atoms with Gasteiger partial charge < -0.3 is 14.8 Å². The summed E-state index contributed by atoms with van der Waals surface area (Å²) in [5, 5.41) is 8.48. The van der Waals surface area contributed by atoms with Crippen molar-refractivity contribution in [3.63, 3.8) is 0 Å². The van der Waals surface area contributed by atoms with Gasteiger partial charge in [-0.2, -0.15) is 5.10 Å². The molecule has 31 heavy (non-hydrogen) atoms. The highest BCUT2D eigenvalue weighted by Crippen LogP contribution is 2.29. The number of hydrogen-bond donors (Lipinski definition) is 1. The summed E-state index contributed by atoms with van der Waals surface area (Å²) < 4.78 is 13.0. The first-order valence-electron chi connectivity index (χ1n) is 10.1. The van der Waals surface area contributed by atoms with Crippen LogP contribution < -0.4 is 14.8 Å². The van der Waals surface area contributed by atoms with E-state index in [9.17, 15) is 4.79 Å². The van der Waals surface area contributed by atoms with Crippen LogP contribution in [0.4, 0.5) is 5.82 Å². The Morgan fingerprint density at radius 3 is 2.39 bits per heavy atom. The van der Waals surface area contributed by atoms with Crippen LogP contribution in [-0.4, -0.2) is 28.9 Å². The normalized spacial score (nSPS) is 10.7. The fourth-order valence-corrected chi connectivity index (χ4v) is 3.66. The summed E-state index contributed by atoms with van der Waals surface area (Å²) >= 11 is 12.5. The van der Waals surface area contributed by atoms with Crippen LogP contribution in [0, 0.1) is 6.92 Å². The molecule has 0 bridgehead atoms. The van der Waals surface area contributed by atoms with Gasteiger partial charge in [0, 0.05) is 27.4 Å². The van der Waals surface area contributed by atoms with Crippen LogP contribution in [0.3, 0.4) is 0 Å². The van der Waals surface area contributed by atoms with Crippen LogP contribution in [0.5, 0.6) is 11.5 Å². The molecule has 164 valence electrons. The minimum Gasteiger partial charge on any atom is -0.490 e. The van der Waals surface area contributed by atoms with Gasteiger partial charge in [0.15, 0.2) is 17.3 Å². The van der Waals surface area contributed by atoms with E-state index >= 15 is 0 Å². The van der Waals surface area contributed by atoms with Crippen molar-refractivity contribution in [2.75, 3.05) is 18.5 Å².